The Morgan fingerprint density at radius 2 is 1.00 bits per heavy atom. The molecule has 33 heavy (non-hydrogen) atoms. The van der Waals surface area contributed by atoms with Crippen LogP contribution in [0.15, 0.2) is 0 Å². The zero-order valence-corrected chi connectivity index (χ0v) is 22.1. The predicted molar refractivity (Wildman–Crippen MR) is 132 cm³/mol. The van der Waals surface area contributed by atoms with Crippen molar-refractivity contribution in [1.82, 2.24) is 0 Å². The van der Waals surface area contributed by atoms with Crippen molar-refractivity contribution in [3.05, 3.63) is 0 Å². The molecular weight excluding hydrogens is 420 g/mol. The van der Waals surface area contributed by atoms with E-state index in [2.05, 4.69) is 23.8 Å². The summed E-state index contributed by atoms with van der Waals surface area (Å²) in [4.78, 5) is 32.6. The molecule has 6 heteroatoms. The fraction of sp³-hybridized carbons (Fsp3) is 0.926. The smallest absolute Gasteiger partial charge is 0.453 e. The van der Waals surface area contributed by atoms with Crippen LogP contribution in [0.3, 0.4) is 0 Å². The van der Waals surface area contributed by atoms with E-state index >= 15 is 0 Å². The van der Waals surface area contributed by atoms with E-state index in [0.29, 0.717) is 0 Å². The average molecular weight is 473 g/mol. The van der Waals surface area contributed by atoms with Gasteiger partial charge in [0.05, 0.1) is 6.61 Å². The van der Waals surface area contributed by atoms with Crippen LogP contribution in [0, 0.1) is 0 Å². The highest BCUT2D eigenvalue weighted by Crippen LogP contribution is 2.18. The highest BCUT2D eigenvalue weighted by atomic mass is 17.5. The molecule has 0 atom stereocenters. The fourth-order valence-electron chi connectivity index (χ4n) is 3.69. The second-order valence-electron chi connectivity index (χ2n) is 9.82. The molecule has 0 spiro atoms. The molecule has 0 radical (unpaired) electrons. The summed E-state index contributed by atoms with van der Waals surface area (Å²) in [6.45, 7) is 8.21. The van der Waals surface area contributed by atoms with Crippen LogP contribution in [-0.2, 0) is 29.1 Å². The number of hydrogen-bond donors (Lipinski definition) is 0. The van der Waals surface area contributed by atoms with E-state index in [4.69, 9.17) is 9.62 Å². The van der Waals surface area contributed by atoms with Crippen molar-refractivity contribution in [2.75, 3.05) is 6.61 Å². The van der Waals surface area contributed by atoms with Crippen LogP contribution in [-0.4, -0.2) is 24.1 Å². The number of unbranched alkanes of at least 4 members (excludes halogenated alkanes) is 16. The lowest BCUT2D eigenvalue weighted by molar-refractivity contribution is -0.516. The highest BCUT2D eigenvalue weighted by molar-refractivity contribution is 6.29. The van der Waals surface area contributed by atoms with E-state index in [9.17, 15) is 9.59 Å². The Morgan fingerprint density at radius 1 is 0.576 bits per heavy atom. The van der Waals surface area contributed by atoms with E-state index < -0.39 is 17.5 Å². The Hall–Kier alpha value is -1.14. The molecule has 0 amide bonds. The van der Waals surface area contributed by atoms with Gasteiger partial charge in [0.1, 0.15) is 5.60 Å². The summed E-state index contributed by atoms with van der Waals surface area (Å²) in [5.41, 5.74) is -0.590. The maximum Gasteiger partial charge on any atom is 0.453 e. The van der Waals surface area contributed by atoms with Crippen LogP contribution in [0.25, 0.3) is 0 Å². The molecule has 0 bridgehead atoms. The topological polar surface area (TPSA) is 71.1 Å². The minimum Gasteiger partial charge on any atom is -0.457 e. The Kier molecular flexibility index (Phi) is 21.9. The summed E-state index contributed by atoms with van der Waals surface area (Å²) in [7, 11) is 0. The largest absolute Gasteiger partial charge is 0.457 e. The van der Waals surface area contributed by atoms with Crippen molar-refractivity contribution in [1.29, 1.82) is 0 Å². The molecule has 0 aromatic rings. The summed E-state index contributed by atoms with van der Waals surface area (Å²) in [6, 6.07) is 0. The van der Waals surface area contributed by atoms with Gasteiger partial charge in [-0.3, -0.25) is 4.89 Å². The number of rotatable bonds is 23. The summed E-state index contributed by atoms with van der Waals surface area (Å²) in [6.07, 6.45) is 23.3. The Morgan fingerprint density at radius 3 is 1.45 bits per heavy atom. The minimum atomic E-state index is -1.20. The van der Waals surface area contributed by atoms with Crippen molar-refractivity contribution < 1.29 is 29.1 Å². The zero-order chi connectivity index (χ0) is 24.6. The van der Waals surface area contributed by atoms with Crippen molar-refractivity contribution >= 4 is 11.9 Å². The quantitative estimate of drug-likeness (QED) is 0.0491. The van der Waals surface area contributed by atoms with Gasteiger partial charge in [-0.25, -0.2) is 9.59 Å². The molecule has 0 N–H and O–H groups in total. The molecule has 0 aliphatic rings. The summed E-state index contributed by atoms with van der Waals surface area (Å²) in [5.74, 6) is -2.25. The lowest BCUT2D eigenvalue weighted by atomic mass is 10.0. The summed E-state index contributed by atoms with van der Waals surface area (Å²) >= 11 is 0. The molecule has 0 rings (SSSR count). The van der Waals surface area contributed by atoms with Crippen molar-refractivity contribution in [3.8, 4) is 0 Å². The summed E-state index contributed by atoms with van der Waals surface area (Å²) in [5, 5.41) is 4.46. The molecule has 6 nitrogen and oxygen atoms in total. The van der Waals surface area contributed by atoms with Crippen LogP contribution < -0.4 is 0 Å². The number of ether oxygens (including phenoxy) is 1. The molecule has 0 aliphatic heterocycles. The number of hydrogen-bond acceptors (Lipinski definition) is 6. The first-order valence-corrected chi connectivity index (χ1v) is 13.7. The first kappa shape index (κ1) is 31.9. The van der Waals surface area contributed by atoms with Crippen molar-refractivity contribution in [3.63, 3.8) is 0 Å². The van der Waals surface area contributed by atoms with Crippen LogP contribution >= 0.6 is 0 Å². The third kappa shape index (κ3) is 22.4. The van der Waals surface area contributed by atoms with Crippen LogP contribution in [0.4, 0.5) is 0 Å². The molecule has 0 saturated carbocycles. The number of esters is 1. The lowest BCUT2D eigenvalue weighted by Crippen LogP contribution is -2.27. The highest BCUT2D eigenvalue weighted by Gasteiger charge is 2.23. The summed E-state index contributed by atoms with van der Waals surface area (Å²) < 4.78 is 4.92. The van der Waals surface area contributed by atoms with E-state index in [1.54, 1.807) is 0 Å². The average Bonchev–Trinajstić information content (AvgIpc) is 2.79. The van der Waals surface area contributed by atoms with Crippen molar-refractivity contribution in [2.45, 2.75) is 155 Å². The van der Waals surface area contributed by atoms with Gasteiger partial charge in [0.25, 0.3) is 0 Å². The molecule has 0 saturated heterocycles. The standard InChI is InChI=1S/C27H52O6/c1-5-7-9-10-11-12-13-14-15-16-17-18-19-20-21-22-24-30-25(28)26(29)31-33-32-27(3,4)23-8-6-2/h5-24H2,1-4H3. The van der Waals surface area contributed by atoms with Gasteiger partial charge in [-0.05, 0) is 31.7 Å². The Bertz CT molecular complexity index is 464. The van der Waals surface area contributed by atoms with Gasteiger partial charge < -0.3 is 4.74 Å². The monoisotopic (exact) mass is 472 g/mol. The van der Waals surface area contributed by atoms with Gasteiger partial charge in [-0.15, -0.1) is 0 Å². The normalized spacial score (nSPS) is 11.5. The SMILES string of the molecule is CCCCCCCCCCCCCCCCCCOC(=O)C(=O)OOOC(C)(C)CCCC. The molecular formula is C27H52O6. The third-order valence-electron chi connectivity index (χ3n) is 5.90. The first-order chi connectivity index (χ1) is 15.9. The minimum absolute atomic E-state index is 0.217. The van der Waals surface area contributed by atoms with Gasteiger partial charge in [0.2, 0.25) is 0 Å². The van der Waals surface area contributed by atoms with Gasteiger partial charge in [0, 0.05) is 0 Å². The van der Waals surface area contributed by atoms with Crippen LogP contribution in [0.1, 0.15) is 150 Å². The van der Waals surface area contributed by atoms with Gasteiger partial charge >= 0.3 is 11.9 Å². The van der Waals surface area contributed by atoms with Gasteiger partial charge in [0.15, 0.2) is 0 Å². The molecule has 0 aromatic heterocycles. The fourth-order valence-corrected chi connectivity index (χ4v) is 3.69. The molecule has 196 valence electrons. The second kappa shape index (κ2) is 22.6. The Labute approximate surface area is 203 Å². The van der Waals surface area contributed by atoms with E-state index in [0.717, 1.165) is 38.5 Å². The molecule has 0 fully saturated rings. The third-order valence-corrected chi connectivity index (χ3v) is 5.90. The molecule has 0 heterocycles. The maximum absolute atomic E-state index is 11.6. The van der Waals surface area contributed by atoms with Crippen LogP contribution in [0.5, 0.6) is 0 Å². The lowest BCUT2D eigenvalue weighted by Gasteiger charge is -2.21. The van der Waals surface area contributed by atoms with Crippen molar-refractivity contribution in [2.24, 2.45) is 0 Å². The van der Waals surface area contributed by atoms with E-state index in [-0.39, 0.29) is 6.61 Å². The second-order valence-corrected chi connectivity index (χ2v) is 9.82. The maximum atomic E-state index is 11.6. The molecule has 0 unspecified atom stereocenters. The number of carbonyl (C=O) groups is 2. The van der Waals surface area contributed by atoms with Gasteiger partial charge in [-0.2, -0.15) is 4.89 Å². The Balaban J connectivity index is 3.40. The molecule has 0 aliphatic carbocycles. The van der Waals surface area contributed by atoms with E-state index in [1.165, 1.54) is 83.5 Å². The predicted octanol–water partition coefficient (Wildman–Crippen LogP) is 8.17. The molecule has 0 aromatic carbocycles. The van der Waals surface area contributed by atoms with Crippen LogP contribution in [0.2, 0.25) is 0 Å². The van der Waals surface area contributed by atoms with Gasteiger partial charge in [-0.1, -0.05) is 123 Å². The number of carbonyl (C=O) groups excluding carboxylic acids is 2. The van der Waals surface area contributed by atoms with E-state index in [1.807, 2.05) is 13.8 Å². The first-order valence-electron chi connectivity index (χ1n) is 13.7. The zero-order valence-electron chi connectivity index (χ0n) is 22.1.